The van der Waals surface area contributed by atoms with Gasteiger partial charge >= 0.3 is 0 Å². The van der Waals surface area contributed by atoms with Gasteiger partial charge in [0.2, 0.25) is 0 Å². The van der Waals surface area contributed by atoms with Crippen LogP contribution in [0.4, 0.5) is 11.4 Å². The van der Waals surface area contributed by atoms with E-state index in [0.29, 0.717) is 11.4 Å². The first-order valence-corrected chi connectivity index (χ1v) is 3.64. The predicted octanol–water partition coefficient (Wildman–Crippen LogP) is -0.109. The van der Waals surface area contributed by atoms with E-state index in [-0.39, 0.29) is 12.5 Å². The molecule has 1 aliphatic rings. The first-order valence-electron chi connectivity index (χ1n) is 3.64. The van der Waals surface area contributed by atoms with Crippen molar-refractivity contribution in [1.29, 1.82) is 0 Å². The van der Waals surface area contributed by atoms with Gasteiger partial charge in [0.15, 0.2) is 6.61 Å². The topological polar surface area (TPSA) is 66.0 Å². The zero-order valence-electron chi connectivity index (χ0n) is 6.46. The Bertz CT molecular complexity index is 336. The highest BCUT2D eigenvalue weighted by atomic mass is 16.5. The summed E-state index contributed by atoms with van der Waals surface area (Å²) in [6, 6.07) is 5.43. The van der Waals surface area contributed by atoms with Crippen LogP contribution in [-0.2, 0) is 4.79 Å². The van der Waals surface area contributed by atoms with E-state index >= 15 is 0 Å². The number of amides is 1. The number of carbonyl (C=O) groups excluding carboxylic acids is 1. The van der Waals surface area contributed by atoms with Gasteiger partial charge in [-0.05, 0) is 6.07 Å². The Balaban J connectivity index is 2.44. The zero-order valence-corrected chi connectivity index (χ0v) is 6.46. The van der Waals surface area contributed by atoms with E-state index in [4.69, 9.17) is 4.74 Å². The molecule has 0 unspecified atom stereocenters. The Morgan fingerprint density at radius 1 is 1.50 bits per heavy atom. The maximum Gasteiger partial charge on any atom is 0.262 e. The summed E-state index contributed by atoms with van der Waals surface area (Å²) in [6.07, 6.45) is 0. The molecule has 1 aliphatic heterocycles. The second kappa shape index (κ2) is 2.49. The molecule has 0 aromatic heterocycles. The molecule has 0 bridgehead atoms. The van der Waals surface area contributed by atoms with Crippen LogP contribution < -0.4 is 15.8 Å². The summed E-state index contributed by atoms with van der Waals surface area (Å²) in [5.74, 6) is 0.593. The molecule has 1 amide bonds. The van der Waals surface area contributed by atoms with Crippen LogP contribution in [0.1, 0.15) is 0 Å². The number of quaternary nitrogens is 1. The van der Waals surface area contributed by atoms with E-state index in [1.165, 1.54) is 0 Å². The first-order chi connectivity index (χ1) is 5.75. The standard InChI is InChI=1S/C8H8N2O2/c9-5-1-2-7-6(3-5)10-8(11)4-12-7/h1-3H,4,9H2,(H,10,11)/p+1. The van der Waals surface area contributed by atoms with Crippen molar-refractivity contribution in [2.75, 3.05) is 11.9 Å². The number of anilines is 1. The molecule has 1 aromatic rings. The summed E-state index contributed by atoms with van der Waals surface area (Å²) in [7, 11) is 0. The van der Waals surface area contributed by atoms with E-state index in [2.05, 4.69) is 11.1 Å². The van der Waals surface area contributed by atoms with Crippen LogP contribution in [0.2, 0.25) is 0 Å². The molecule has 1 aromatic carbocycles. The molecule has 0 saturated heterocycles. The van der Waals surface area contributed by atoms with Crippen molar-refractivity contribution >= 4 is 17.3 Å². The molecule has 0 fully saturated rings. The maximum atomic E-state index is 10.9. The van der Waals surface area contributed by atoms with Crippen LogP contribution in [-0.4, -0.2) is 12.5 Å². The number of nitrogens with one attached hydrogen (secondary N) is 1. The molecule has 0 atom stereocenters. The van der Waals surface area contributed by atoms with Gasteiger partial charge in [0.25, 0.3) is 5.91 Å². The number of hydrogen-bond acceptors (Lipinski definition) is 2. The lowest BCUT2D eigenvalue weighted by Crippen LogP contribution is -2.40. The summed E-state index contributed by atoms with van der Waals surface area (Å²) in [4.78, 5) is 10.9. The number of fused-ring (bicyclic) bond motifs is 1. The van der Waals surface area contributed by atoms with Crippen LogP contribution in [0.3, 0.4) is 0 Å². The van der Waals surface area contributed by atoms with Crippen LogP contribution in [0.15, 0.2) is 18.2 Å². The fourth-order valence-electron chi connectivity index (χ4n) is 1.13. The number of rotatable bonds is 0. The highest BCUT2D eigenvalue weighted by Crippen LogP contribution is 2.28. The number of carbonyl (C=O) groups is 1. The second-order valence-electron chi connectivity index (χ2n) is 2.67. The molecule has 4 nitrogen and oxygen atoms in total. The van der Waals surface area contributed by atoms with Crippen LogP contribution in [0, 0.1) is 0 Å². The van der Waals surface area contributed by atoms with Crippen LogP contribution >= 0.6 is 0 Å². The van der Waals surface area contributed by atoms with Crippen molar-refractivity contribution in [3.63, 3.8) is 0 Å². The van der Waals surface area contributed by atoms with Gasteiger partial charge in [0.1, 0.15) is 11.4 Å². The summed E-state index contributed by atoms with van der Waals surface area (Å²) >= 11 is 0. The highest BCUT2D eigenvalue weighted by molar-refractivity contribution is 5.95. The Kier molecular flexibility index (Phi) is 1.48. The minimum Gasteiger partial charge on any atom is -0.482 e. The number of ether oxygens (including phenoxy) is 1. The first kappa shape index (κ1) is 7.12. The van der Waals surface area contributed by atoms with Gasteiger partial charge in [-0.15, -0.1) is 0 Å². The minimum atomic E-state index is -0.117. The predicted molar refractivity (Wildman–Crippen MR) is 43.1 cm³/mol. The van der Waals surface area contributed by atoms with E-state index in [9.17, 15) is 4.79 Å². The molecule has 0 radical (unpaired) electrons. The molecule has 2 rings (SSSR count). The van der Waals surface area contributed by atoms with Crippen molar-refractivity contribution < 1.29 is 15.3 Å². The summed E-state index contributed by atoms with van der Waals surface area (Å²) in [5, 5.41) is 2.70. The molecule has 1 heterocycles. The fraction of sp³-hybridized carbons (Fsp3) is 0.125. The molecule has 62 valence electrons. The van der Waals surface area contributed by atoms with Crippen molar-refractivity contribution in [2.24, 2.45) is 0 Å². The smallest absolute Gasteiger partial charge is 0.262 e. The van der Waals surface area contributed by atoms with Gasteiger partial charge in [-0.25, -0.2) is 0 Å². The Morgan fingerprint density at radius 2 is 2.33 bits per heavy atom. The Labute approximate surface area is 69.3 Å². The Hall–Kier alpha value is -1.55. The molecule has 0 spiro atoms. The number of hydrogen-bond donors (Lipinski definition) is 2. The third-order valence-electron chi connectivity index (χ3n) is 1.68. The summed E-state index contributed by atoms with van der Waals surface area (Å²) in [5.41, 5.74) is 5.31. The fourth-order valence-corrected chi connectivity index (χ4v) is 1.13. The molecule has 4 N–H and O–H groups in total. The van der Waals surface area contributed by atoms with Crippen molar-refractivity contribution in [2.45, 2.75) is 0 Å². The molecular formula is C8H9N2O2+. The van der Waals surface area contributed by atoms with E-state index in [0.717, 1.165) is 5.69 Å². The average molecular weight is 165 g/mol. The zero-order chi connectivity index (χ0) is 8.55. The van der Waals surface area contributed by atoms with Crippen molar-refractivity contribution in [3.8, 4) is 5.75 Å². The van der Waals surface area contributed by atoms with Crippen LogP contribution in [0.5, 0.6) is 5.75 Å². The van der Waals surface area contributed by atoms with E-state index in [1.54, 1.807) is 12.1 Å². The maximum absolute atomic E-state index is 10.9. The second-order valence-corrected chi connectivity index (χ2v) is 2.67. The van der Waals surface area contributed by atoms with Gasteiger partial charge in [-0.1, -0.05) is 0 Å². The van der Waals surface area contributed by atoms with Crippen molar-refractivity contribution in [1.82, 2.24) is 0 Å². The minimum absolute atomic E-state index is 0.101. The highest BCUT2D eigenvalue weighted by Gasteiger charge is 2.15. The van der Waals surface area contributed by atoms with Gasteiger partial charge in [-0.3, -0.25) is 4.79 Å². The average Bonchev–Trinajstić information content (AvgIpc) is 2.03. The molecule has 4 heteroatoms. The van der Waals surface area contributed by atoms with Gasteiger partial charge in [0.05, 0.1) is 5.69 Å². The largest absolute Gasteiger partial charge is 0.482 e. The third-order valence-corrected chi connectivity index (χ3v) is 1.68. The monoisotopic (exact) mass is 165 g/mol. The molecule has 12 heavy (non-hydrogen) atoms. The van der Waals surface area contributed by atoms with Gasteiger partial charge in [-0.2, -0.15) is 0 Å². The summed E-state index contributed by atoms with van der Waals surface area (Å²) < 4.78 is 5.15. The van der Waals surface area contributed by atoms with E-state index < -0.39 is 0 Å². The summed E-state index contributed by atoms with van der Waals surface area (Å²) in [6.45, 7) is 0.101. The lowest BCUT2D eigenvalue weighted by molar-refractivity contribution is -0.254. The molecule has 0 saturated carbocycles. The normalized spacial score (nSPS) is 14.6. The lowest BCUT2D eigenvalue weighted by Gasteiger charge is -2.16. The van der Waals surface area contributed by atoms with E-state index in [1.807, 2.05) is 6.07 Å². The lowest BCUT2D eigenvalue weighted by atomic mass is 10.2. The SMILES string of the molecule is [NH3+]c1ccc2c(c1)NC(=O)CO2. The third kappa shape index (κ3) is 1.12. The van der Waals surface area contributed by atoms with Gasteiger partial charge in [0, 0.05) is 12.1 Å². The van der Waals surface area contributed by atoms with Crippen molar-refractivity contribution in [3.05, 3.63) is 18.2 Å². The molecule has 0 aliphatic carbocycles. The van der Waals surface area contributed by atoms with Gasteiger partial charge < -0.3 is 15.8 Å². The quantitative estimate of drug-likeness (QED) is 0.563. The van der Waals surface area contributed by atoms with Crippen LogP contribution in [0.25, 0.3) is 0 Å². The molecular weight excluding hydrogens is 156 g/mol. The Morgan fingerprint density at radius 3 is 3.17 bits per heavy atom. The number of benzene rings is 1.